The van der Waals surface area contributed by atoms with E-state index in [0.717, 1.165) is 29.2 Å². The monoisotopic (exact) mass is 259 g/mol. The first kappa shape index (κ1) is 13.0. The van der Waals surface area contributed by atoms with E-state index in [1.807, 2.05) is 19.1 Å². The topological polar surface area (TPSA) is 12.0 Å². The smallest absolute Gasteiger partial charge is 0.0455 e. The summed E-state index contributed by atoms with van der Waals surface area (Å²) in [5.41, 5.74) is 4.86. The Bertz CT molecular complexity index is 517. The summed E-state index contributed by atoms with van der Waals surface area (Å²) in [7, 11) is 0. The maximum absolute atomic E-state index is 6.10. The number of halogens is 1. The van der Waals surface area contributed by atoms with Crippen molar-refractivity contribution < 1.29 is 0 Å². The molecular weight excluding hydrogens is 242 g/mol. The number of aryl methyl sites for hydroxylation is 1. The molecule has 0 heterocycles. The minimum Gasteiger partial charge on any atom is -0.381 e. The van der Waals surface area contributed by atoms with Crippen LogP contribution in [-0.2, 0) is 13.0 Å². The molecule has 2 aromatic rings. The number of hydrogen-bond acceptors (Lipinski definition) is 1. The Balaban J connectivity index is 2.04. The van der Waals surface area contributed by atoms with Gasteiger partial charge >= 0.3 is 0 Å². The Hall–Kier alpha value is -1.47. The van der Waals surface area contributed by atoms with Gasteiger partial charge in [-0.25, -0.2) is 0 Å². The molecule has 0 aliphatic rings. The van der Waals surface area contributed by atoms with Crippen LogP contribution in [0.5, 0.6) is 0 Å². The van der Waals surface area contributed by atoms with Gasteiger partial charge in [-0.1, -0.05) is 48.9 Å². The third kappa shape index (κ3) is 3.05. The second-order valence-corrected chi connectivity index (χ2v) is 4.84. The molecule has 0 spiro atoms. The quantitative estimate of drug-likeness (QED) is 0.830. The standard InChI is InChI=1S/C16H18ClN/c1-3-13-7-9-14(10-8-13)11-18-16-6-4-5-15(17)12(16)2/h4-10,18H,3,11H2,1-2H3. The van der Waals surface area contributed by atoms with Gasteiger partial charge in [-0.05, 0) is 42.2 Å². The van der Waals surface area contributed by atoms with E-state index in [1.165, 1.54) is 11.1 Å². The van der Waals surface area contributed by atoms with Crippen LogP contribution in [0, 0.1) is 6.92 Å². The van der Waals surface area contributed by atoms with Crippen LogP contribution < -0.4 is 5.32 Å². The van der Waals surface area contributed by atoms with Crippen molar-refractivity contribution in [2.75, 3.05) is 5.32 Å². The van der Waals surface area contributed by atoms with E-state index in [4.69, 9.17) is 11.6 Å². The van der Waals surface area contributed by atoms with Gasteiger partial charge in [-0.2, -0.15) is 0 Å². The number of nitrogens with one attached hydrogen (secondary N) is 1. The summed E-state index contributed by atoms with van der Waals surface area (Å²) in [6.07, 6.45) is 1.08. The molecule has 0 aliphatic heterocycles. The van der Waals surface area contributed by atoms with Crippen LogP contribution in [0.25, 0.3) is 0 Å². The van der Waals surface area contributed by atoms with Gasteiger partial charge in [0.05, 0.1) is 0 Å². The van der Waals surface area contributed by atoms with Gasteiger partial charge in [-0.3, -0.25) is 0 Å². The highest BCUT2D eigenvalue weighted by Gasteiger charge is 2.01. The van der Waals surface area contributed by atoms with E-state index in [1.54, 1.807) is 0 Å². The molecule has 0 radical (unpaired) electrons. The SMILES string of the molecule is CCc1ccc(CNc2cccc(Cl)c2C)cc1. The first-order chi connectivity index (χ1) is 8.70. The lowest BCUT2D eigenvalue weighted by Gasteiger charge is -2.11. The van der Waals surface area contributed by atoms with Gasteiger partial charge in [0.2, 0.25) is 0 Å². The average molecular weight is 260 g/mol. The molecule has 0 amide bonds. The molecule has 0 aliphatic carbocycles. The van der Waals surface area contributed by atoms with Crippen LogP contribution in [-0.4, -0.2) is 0 Å². The highest BCUT2D eigenvalue weighted by molar-refractivity contribution is 6.31. The van der Waals surface area contributed by atoms with Crippen LogP contribution in [0.3, 0.4) is 0 Å². The van der Waals surface area contributed by atoms with Gasteiger partial charge in [0, 0.05) is 17.3 Å². The Labute approximate surface area is 114 Å². The number of rotatable bonds is 4. The summed E-state index contributed by atoms with van der Waals surface area (Å²) in [4.78, 5) is 0. The van der Waals surface area contributed by atoms with Crippen molar-refractivity contribution in [3.05, 3.63) is 64.2 Å². The first-order valence-corrected chi connectivity index (χ1v) is 6.65. The summed E-state index contributed by atoms with van der Waals surface area (Å²) in [5.74, 6) is 0. The number of hydrogen-bond donors (Lipinski definition) is 1. The molecule has 2 heteroatoms. The Morgan fingerprint density at radius 3 is 2.33 bits per heavy atom. The molecule has 0 saturated carbocycles. The highest BCUT2D eigenvalue weighted by atomic mass is 35.5. The van der Waals surface area contributed by atoms with Crippen LogP contribution in [0.4, 0.5) is 5.69 Å². The molecule has 0 fully saturated rings. The molecule has 2 aromatic carbocycles. The molecule has 0 atom stereocenters. The van der Waals surface area contributed by atoms with Gasteiger partial charge in [0.15, 0.2) is 0 Å². The van der Waals surface area contributed by atoms with Crippen LogP contribution in [0.2, 0.25) is 5.02 Å². The molecule has 18 heavy (non-hydrogen) atoms. The summed E-state index contributed by atoms with van der Waals surface area (Å²) in [5, 5.41) is 4.23. The predicted molar refractivity (Wildman–Crippen MR) is 79.3 cm³/mol. The first-order valence-electron chi connectivity index (χ1n) is 6.27. The summed E-state index contributed by atoms with van der Waals surface area (Å²) >= 11 is 6.10. The molecule has 1 nitrogen and oxygen atoms in total. The van der Waals surface area contributed by atoms with Crippen LogP contribution >= 0.6 is 11.6 Å². The summed E-state index contributed by atoms with van der Waals surface area (Å²) in [6.45, 7) is 5.03. The molecular formula is C16H18ClN. The molecule has 1 N–H and O–H groups in total. The maximum Gasteiger partial charge on any atom is 0.0455 e. The summed E-state index contributed by atoms with van der Waals surface area (Å²) in [6, 6.07) is 14.7. The van der Waals surface area contributed by atoms with Crippen molar-refractivity contribution in [1.29, 1.82) is 0 Å². The zero-order valence-electron chi connectivity index (χ0n) is 10.8. The molecule has 94 valence electrons. The van der Waals surface area contributed by atoms with E-state index in [9.17, 15) is 0 Å². The maximum atomic E-state index is 6.10. The van der Waals surface area contributed by atoms with Crippen molar-refractivity contribution in [2.45, 2.75) is 26.8 Å². The number of benzene rings is 2. The Morgan fingerprint density at radius 1 is 1.00 bits per heavy atom. The molecule has 0 bridgehead atoms. The fourth-order valence-corrected chi connectivity index (χ4v) is 2.06. The zero-order valence-corrected chi connectivity index (χ0v) is 11.6. The average Bonchev–Trinajstić information content (AvgIpc) is 2.41. The van der Waals surface area contributed by atoms with Crippen molar-refractivity contribution in [2.24, 2.45) is 0 Å². The molecule has 0 saturated heterocycles. The molecule has 0 unspecified atom stereocenters. The lowest BCUT2D eigenvalue weighted by molar-refractivity contribution is 1.10. The molecule has 2 rings (SSSR count). The second kappa shape index (κ2) is 5.92. The summed E-state index contributed by atoms with van der Waals surface area (Å²) < 4.78 is 0. The lowest BCUT2D eigenvalue weighted by atomic mass is 10.1. The normalized spacial score (nSPS) is 10.4. The van der Waals surface area contributed by atoms with Crippen molar-refractivity contribution in [1.82, 2.24) is 0 Å². The zero-order chi connectivity index (χ0) is 13.0. The van der Waals surface area contributed by atoms with E-state index in [0.29, 0.717) is 0 Å². The predicted octanol–water partition coefficient (Wildman–Crippen LogP) is 4.82. The fourth-order valence-electron chi connectivity index (χ4n) is 1.89. The van der Waals surface area contributed by atoms with Crippen molar-refractivity contribution in [3.8, 4) is 0 Å². The Morgan fingerprint density at radius 2 is 1.67 bits per heavy atom. The van der Waals surface area contributed by atoms with Crippen LogP contribution in [0.1, 0.15) is 23.6 Å². The minimum atomic E-state index is 0.807. The largest absolute Gasteiger partial charge is 0.381 e. The van der Waals surface area contributed by atoms with Gasteiger partial charge in [0.1, 0.15) is 0 Å². The lowest BCUT2D eigenvalue weighted by Crippen LogP contribution is -2.01. The Kier molecular flexibility index (Phi) is 4.27. The third-order valence-corrected chi connectivity index (χ3v) is 3.59. The molecule has 0 aromatic heterocycles. The van der Waals surface area contributed by atoms with E-state index >= 15 is 0 Å². The van der Waals surface area contributed by atoms with Crippen LogP contribution in [0.15, 0.2) is 42.5 Å². The third-order valence-electron chi connectivity index (χ3n) is 3.18. The van der Waals surface area contributed by atoms with Crippen molar-refractivity contribution >= 4 is 17.3 Å². The number of anilines is 1. The van der Waals surface area contributed by atoms with E-state index < -0.39 is 0 Å². The van der Waals surface area contributed by atoms with E-state index in [2.05, 4.69) is 42.6 Å². The fraction of sp³-hybridized carbons (Fsp3) is 0.250. The van der Waals surface area contributed by atoms with Crippen molar-refractivity contribution in [3.63, 3.8) is 0 Å². The van der Waals surface area contributed by atoms with Gasteiger partial charge in [0.25, 0.3) is 0 Å². The van der Waals surface area contributed by atoms with Gasteiger partial charge in [-0.15, -0.1) is 0 Å². The highest BCUT2D eigenvalue weighted by Crippen LogP contribution is 2.23. The minimum absolute atomic E-state index is 0.807. The van der Waals surface area contributed by atoms with Gasteiger partial charge < -0.3 is 5.32 Å². The van der Waals surface area contributed by atoms with E-state index in [-0.39, 0.29) is 0 Å². The second-order valence-electron chi connectivity index (χ2n) is 4.44.